The summed E-state index contributed by atoms with van der Waals surface area (Å²) in [5, 5.41) is 5.14. The van der Waals surface area contributed by atoms with Crippen molar-refractivity contribution in [3.63, 3.8) is 0 Å². The number of unbranched alkanes of at least 4 members (excludes halogenated alkanes) is 1. The van der Waals surface area contributed by atoms with Crippen molar-refractivity contribution >= 4 is 34.8 Å². The zero-order valence-corrected chi connectivity index (χ0v) is 19.9. The topological polar surface area (TPSA) is 39.7 Å². The second-order valence-corrected chi connectivity index (χ2v) is 8.03. The maximum atomic E-state index is 6.49. The third kappa shape index (κ3) is 8.16. The molecule has 2 rings (SSSR count). The van der Waals surface area contributed by atoms with Gasteiger partial charge in [-0.3, -0.25) is 0 Å². The van der Waals surface area contributed by atoms with Crippen LogP contribution in [0.2, 0.25) is 15.1 Å². The fourth-order valence-corrected chi connectivity index (χ4v) is 3.51. The average Bonchev–Trinajstić information content (AvgIpc) is 2.72. The minimum atomic E-state index is 0.227. The van der Waals surface area contributed by atoms with Crippen molar-refractivity contribution in [2.75, 3.05) is 26.4 Å². The van der Waals surface area contributed by atoms with Crippen LogP contribution in [0, 0.1) is 0 Å². The molecule has 0 bridgehead atoms. The third-order valence-corrected chi connectivity index (χ3v) is 5.51. The van der Waals surface area contributed by atoms with Gasteiger partial charge < -0.3 is 19.5 Å². The van der Waals surface area contributed by atoms with Gasteiger partial charge in [-0.05, 0) is 50.1 Å². The maximum absolute atomic E-state index is 6.49. The van der Waals surface area contributed by atoms with Crippen LogP contribution in [0.1, 0.15) is 44.2 Å². The van der Waals surface area contributed by atoms with Crippen LogP contribution in [-0.4, -0.2) is 26.4 Å². The van der Waals surface area contributed by atoms with Gasteiger partial charge in [0.2, 0.25) is 0 Å². The Balaban J connectivity index is 1.94. The van der Waals surface area contributed by atoms with Crippen molar-refractivity contribution in [1.82, 2.24) is 5.32 Å². The van der Waals surface area contributed by atoms with Crippen LogP contribution in [-0.2, 0) is 17.9 Å². The lowest BCUT2D eigenvalue weighted by Gasteiger charge is -2.16. The minimum absolute atomic E-state index is 0.227. The standard InChI is InChI=1S/C23H30Cl3NO3/c1-3-5-11-28-12-7-10-27-15-17-13-22(29-4-2)23(14-21(17)26)30-16-18-19(24)8-6-9-20(18)25/h6,8-9,13-14,27H,3-5,7,10-12,15-16H2,1-2H3. The summed E-state index contributed by atoms with van der Waals surface area (Å²) < 4.78 is 17.3. The Morgan fingerprint density at radius 1 is 0.867 bits per heavy atom. The molecule has 4 nitrogen and oxygen atoms in total. The monoisotopic (exact) mass is 473 g/mol. The van der Waals surface area contributed by atoms with E-state index in [1.165, 1.54) is 0 Å². The van der Waals surface area contributed by atoms with Crippen LogP contribution in [0.4, 0.5) is 0 Å². The molecule has 0 saturated carbocycles. The van der Waals surface area contributed by atoms with E-state index in [1.807, 2.05) is 13.0 Å². The molecule has 0 amide bonds. The van der Waals surface area contributed by atoms with E-state index in [1.54, 1.807) is 24.3 Å². The second-order valence-electron chi connectivity index (χ2n) is 6.81. The van der Waals surface area contributed by atoms with Gasteiger partial charge in [-0.1, -0.05) is 54.2 Å². The first-order valence-electron chi connectivity index (χ1n) is 10.4. The van der Waals surface area contributed by atoms with E-state index in [0.717, 1.165) is 50.1 Å². The van der Waals surface area contributed by atoms with E-state index in [-0.39, 0.29) is 6.61 Å². The highest BCUT2D eigenvalue weighted by atomic mass is 35.5. The Hall–Kier alpha value is -1.17. The smallest absolute Gasteiger partial charge is 0.163 e. The molecular weight excluding hydrogens is 445 g/mol. The molecule has 166 valence electrons. The highest BCUT2D eigenvalue weighted by molar-refractivity contribution is 6.36. The molecular formula is C23H30Cl3NO3. The van der Waals surface area contributed by atoms with Crippen molar-refractivity contribution < 1.29 is 14.2 Å². The Morgan fingerprint density at radius 3 is 2.27 bits per heavy atom. The normalized spacial score (nSPS) is 11.0. The minimum Gasteiger partial charge on any atom is -0.490 e. The molecule has 7 heteroatoms. The van der Waals surface area contributed by atoms with Gasteiger partial charge in [0, 0.05) is 46.5 Å². The Bertz CT molecular complexity index is 766. The zero-order valence-electron chi connectivity index (χ0n) is 17.6. The number of rotatable bonds is 14. The molecule has 0 aliphatic rings. The van der Waals surface area contributed by atoms with Crippen molar-refractivity contribution in [3.8, 4) is 11.5 Å². The molecule has 0 fully saturated rings. The predicted octanol–water partition coefficient (Wildman–Crippen LogP) is 6.92. The predicted molar refractivity (Wildman–Crippen MR) is 125 cm³/mol. The summed E-state index contributed by atoms with van der Waals surface area (Å²) in [6, 6.07) is 9.07. The number of nitrogens with one attached hydrogen (secondary N) is 1. The van der Waals surface area contributed by atoms with E-state index >= 15 is 0 Å². The van der Waals surface area contributed by atoms with Crippen LogP contribution >= 0.6 is 34.8 Å². The molecule has 0 radical (unpaired) electrons. The number of benzene rings is 2. The van der Waals surface area contributed by atoms with Crippen LogP contribution in [0.25, 0.3) is 0 Å². The lowest BCUT2D eigenvalue weighted by Crippen LogP contribution is -2.17. The van der Waals surface area contributed by atoms with E-state index in [9.17, 15) is 0 Å². The molecule has 0 aliphatic carbocycles. The largest absolute Gasteiger partial charge is 0.490 e. The van der Waals surface area contributed by atoms with Crippen LogP contribution in [0.3, 0.4) is 0 Å². The van der Waals surface area contributed by atoms with Crippen molar-refractivity contribution in [1.29, 1.82) is 0 Å². The molecule has 1 N–H and O–H groups in total. The fraction of sp³-hybridized carbons (Fsp3) is 0.478. The summed E-state index contributed by atoms with van der Waals surface area (Å²) in [4.78, 5) is 0. The molecule has 0 aromatic heterocycles. The Kier molecular flexibility index (Phi) is 11.7. The average molecular weight is 475 g/mol. The Morgan fingerprint density at radius 2 is 1.57 bits per heavy atom. The molecule has 0 atom stereocenters. The van der Waals surface area contributed by atoms with Gasteiger partial charge in [-0.2, -0.15) is 0 Å². The van der Waals surface area contributed by atoms with Crippen LogP contribution in [0.15, 0.2) is 30.3 Å². The fourth-order valence-electron chi connectivity index (χ4n) is 2.78. The van der Waals surface area contributed by atoms with Gasteiger partial charge >= 0.3 is 0 Å². The molecule has 0 aliphatic heterocycles. The van der Waals surface area contributed by atoms with Gasteiger partial charge in [0.15, 0.2) is 11.5 Å². The molecule has 2 aromatic carbocycles. The highest BCUT2D eigenvalue weighted by Gasteiger charge is 2.13. The molecule has 0 spiro atoms. The molecule has 30 heavy (non-hydrogen) atoms. The lowest BCUT2D eigenvalue weighted by molar-refractivity contribution is 0.129. The Labute approximate surface area is 194 Å². The van der Waals surface area contributed by atoms with Gasteiger partial charge in [0.05, 0.1) is 6.61 Å². The van der Waals surface area contributed by atoms with Gasteiger partial charge in [-0.25, -0.2) is 0 Å². The zero-order chi connectivity index (χ0) is 21.8. The van der Waals surface area contributed by atoms with E-state index in [2.05, 4.69) is 12.2 Å². The van der Waals surface area contributed by atoms with E-state index in [4.69, 9.17) is 49.0 Å². The molecule has 0 heterocycles. The quantitative estimate of drug-likeness (QED) is 0.302. The van der Waals surface area contributed by atoms with Gasteiger partial charge in [0.25, 0.3) is 0 Å². The van der Waals surface area contributed by atoms with Crippen molar-refractivity contribution in [2.24, 2.45) is 0 Å². The summed E-state index contributed by atoms with van der Waals surface area (Å²) in [5.41, 5.74) is 1.68. The third-order valence-electron chi connectivity index (χ3n) is 4.45. The van der Waals surface area contributed by atoms with Crippen molar-refractivity contribution in [2.45, 2.75) is 46.3 Å². The van der Waals surface area contributed by atoms with E-state index in [0.29, 0.717) is 39.7 Å². The summed E-state index contributed by atoms with van der Waals surface area (Å²) in [6.45, 7) is 7.94. The summed E-state index contributed by atoms with van der Waals surface area (Å²) in [5.74, 6) is 1.20. The first-order chi connectivity index (χ1) is 14.6. The number of hydrogen-bond donors (Lipinski definition) is 1. The number of ether oxygens (including phenoxy) is 3. The van der Waals surface area contributed by atoms with Gasteiger partial charge in [-0.15, -0.1) is 0 Å². The van der Waals surface area contributed by atoms with Crippen molar-refractivity contribution in [3.05, 3.63) is 56.5 Å². The summed E-state index contributed by atoms with van der Waals surface area (Å²) >= 11 is 19.0. The number of halogens is 3. The SMILES string of the molecule is CCCCOCCCNCc1cc(OCC)c(OCc2c(Cl)cccc2Cl)cc1Cl. The second kappa shape index (κ2) is 14.0. The lowest BCUT2D eigenvalue weighted by atomic mass is 10.2. The van der Waals surface area contributed by atoms with Gasteiger partial charge in [0.1, 0.15) is 6.61 Å². The van der Waals surface area contributed by atoms with Crippen LogP contribution < -0.4 is 14.8 Å². The summed E-state index contributed by atoms with van der Waals surface area (Å²) in [6.07, 6.45) is 3.23. The van der Waals surface area contributed by atoms with E-state index < -0.39 is 0 Å². The summed E-state index contributed by atoms with van der Waals surface area (Å²) in [7, 11) is 0. The molecule has 0 saturated heterocycles. The molecule has 0 unspecified atom stereocenters. The van der Waals surface area contributed by atoms with Crippen LogP contribution in [0.5, 0.6) is 11.5 Å². The molecule has 2 aromatic rings. The maximum Gasteiger partial charge on any atom is 0.163 e. The first kappa shape index (κ1) is 25.1. The highest BCUT2D eigenvalue weighted by Crippen LogP contribution is 2.35. The first-order valence-corrected chi connectivity index (χ1v) is 11.5. The number of hydrogen-bond acceptors (Lipinski definition) is 4.